The summed E-state index contributed by atoms with van der Waals surface area (Å²) < 4.78 is 10.7. The highest BCUT2D eigenvalue weighted by Gasteiger charge is 2.21. The normalized spacial score (nSPS) is 11.0. The molecule has 0 aliphatic carbocycles. The third-order valence-electron chi connectivity index (χ3n) is 3.57. The molecule has 1 aromatic carbocycles. The third kappa shape index (κ3) is 2.79. The van der Waals surface area contributed by atoms with Crippen molar-refractivity contribution in [1.29, 1.82) is 0 Å². The molecule has 1 aromatic heterocycles. The number of ether oxygens (including phenoxy) is 1. The molecule has 0 amide bonds. The van der Waals surface area contributed by atoms with Gasteiger partial charge in [0.05, 0.1) is 17.9 Å². The van der Waals surface area contributed by atoms with E-state index in [1.165, 1.54) is 0 Å². The molecule has 0 radical (unpaired) electrons. The molecule has 0 saturated heterocycles. The van der Waals surface area contributed by atoms with E-state index in [9.17, 15) is 0 Å². The predicted molar refractivity (Wildman–Crippen MR) is 80.8 cm³/mol. The summed E-state index contributed by atoms with van der Waals surface area (Å²) in [4.78, 5) is 0. The minimum absolute atomic E-state index is 0.373. The summed E-state index contributed by atoms with van der Waals surface area (Å²) in [6, 6.07) is 7.89. The molecule has 0 bridgehead atoms. The number of anilines is 1. The highest BCUT2D eigenvalue weighted by atomic mass is 16.5. The quantitative estimate of drug-likeness (QED) is 0.856. The summed E-state index contributed by atoms with van der Waals surface area (Å²) in [5, 5.41) is 4.16. The fraction of sp³-hybridized carbons (Fsp3) is 0.438. The van der Waals surface area contributed by atoms with Crippen molar-refractivity contribution in [3.63, 3.8) is 0 Å². The Labute approximate surface area is 119 Å². The zero-order chi connectivity index (χ0) is 14.5. The zero-order valence-corrected chi connectivity index (χ0v) is 12.3. The molecule has 4 heteroatoms. The van der Waals surface area contributed by atoms with E-state index < -0.39 is 0 Å². The minimum atomic E-state index is 0.373. The molecule has 2 N–H and O–H groups in total. The lowest BCUT2D eigenvalue weighted by molar-refractivity contribution is 0.340. The Bertz CT molecular complexity index is 542. The molecule has 1 heterocycles. The summed E-state index contributed by atoms with van der Waals surface area (Å²) in [7, 11) is 0. The summed E-state index contributed by atoms with van der Waals surface area (Å²) in [6.45, 7) is 6.94. The molecule has 0 fully saturated rings. The van der Waals surface area contributed by atoms with Crippen molar-refractivity contribution in [1.82, 2.24) is 5.16 Å². The minimum Gasteiger partial charge on any atom is -0.494 e. The fourth-order valence-electron chi connectivity index (χ4n) is 2.44. The van der Waals surface area contributed by atoms with Crippen LogP contribution in [0.25, 0.3) is 11.1 Å². The van der Waals surface area contributed by atoms with Crippen LogP contribution in [0.2, 0.25) is 0 Å². The van der Waals surface area contributed by atoms with Gasteiger partial charge >= 0.3 is 0 Å². The van der Waals surface area contributed by atoms with Crippen LogP contribution >= 0.6 is 0 Å². The summed E-state index contributed by atoms with van der Waals surface area (Å²) >= 11 is 0. The van der Waals surface area contributed by atoms with Gasteiger partial charge < -0.3 is 15.0 Å². The molecule has 0 saturated carbocycles. The van der Waals surface area contributed by atoms with Crippen LogP contribution in [0.15, 0.2) is 28.8 Å². The molecule has 4 nitrogen and oxygen atoms in total. The molecule has 0 aliphatic rings. The van der Waals surface area contributed by atoms with Crippen molar-refractivity contribution in [2.24, 2.45) is 0 Å². The molecule has 20 heavy (non-hydrogen) atoms. The lowest BCUT2D eigenvalue weighted by atomic mass is 9.93. The van der Waals surface area contributed by atoms with Crippen LogP contribution in [0.3, 0.4) is 0 Å². The summed E-state index contributed by atoms with van der Waals surface area (Å²) in [6.07, 6.45) is 2.04. The van der Waals surface area contributed by atoms with Crippen molar-refractivity contribution in [3.05, 3.63) is 30.0 Å². The van der Waals surface area contributed by atoms with Gasteiger partial charge in [-0.15, -0.1) is 0 Å². The first-order valence-electron chi connectivity index (χ1n) is 7.19. The van der Waals surface area contributed by atoms with E-state index in [0.717, 1.165) is 35.4 Å². The maximum absolute atomic E-state index is 5.96. The van der Waals surface area contributed by atoms with Crippen LogP contribution in [-0.4, -0.2) is 11.8 Å². The summed E-state index contributed by atoms with van der Waals surface area (Å²) in [5.41, 5.74) is 8.85. The number of rotatable bonds is 6. The number of aromatic nitrogens is 1. The van der Waals surface area contributed by atoms with E-state index >= 15 is 0 Å². The van der Waals surface area contributed by atoms with Crippen LogP contribution in [0.4, 0.5) is 5.88 Å². The first kappa shape index (κ1) is 14.4. The van der Waals surface area contributed by atoms with E-state index in [4.69, 9.17) is 15.0 Å². The van der Waals surface area contributed by atoms with Crippen molar-refractivity contribution in [2.45, 2.75) is 39.5 Å². The van der Waals surface area contributed by atoms with E-state index in [1.807, 2.05) is 31.2 Å². The number of nitrogen functional groups attached to an aromatic ring is 1. The second kappa shape index (κ2) is 6.46. The Morgan fingerprint density at radius 2 is 1.80 bits per heavy atom. The van der Waals surface area contributed by atoms with E-state index in [1.54, 1.807) is 0 Å². The zero-order valence-electron chi connectivity index (χ0n) is 12.3. The van der Waals surface area contributed by atoms with Crippen LogP contribution in [0, 0.1) is 0 Å². The number of hydrogen-bond acceptors (Lipinski definition) is 4. The lowest BCUT2D eigenvalue weighted by Crippen LogP contribution is -1.99. The van der Waals surface area contributed by atoms with E-state index in [2.05, 4.69) is 19.0 Å². The Morgan fingerprint density at radius 1 is 1.15 bits per heavy atom. The predicted octanol–water partition coefficient (Wildman–Crippen LogP) is 4.23. The van der Waals surface area contributed by atoms with Crippen molar-refractivity contribution < 1.29 is 9.26 Å². The first-order chi connectivity index (χ1) is 9.71. The first-order valence-corrected chi connectivity index (χ1v) is 7.19. The van der Waals surface area contributed by atoms with Crippen LogP contribution in [-0.2, 0) is 0 Å². The molecule has 0 spiro atoms. The molecule has 0 atom stereocenters. The molecular formula is C16H22N2O2. The number of nitrogens with zero attached hydrogens (tertiary/aromatic N) is 1. The standard InChI is InChI=1S/C16H22N2O2/c1-4-11(5-2)15-14(16(17)20-18-15)12-7-9-13(10-8-12)19-6-3/h7-11H,4-6,17H2,1-3H3. The van der Waals surface area contributed by atoms with Gasteiger partial charge in [0, 0.05) is 5.92 Å². The highest BCUT2D eigenvalue weighted by molar-refractivity contribution is 5.75. The third-order valence-corrected chi connectivity index (χ3v) is 3.57. The lowest BCUT2D eigenvalue weighted by Gasteiger charge is -2.11. The van der Waals surface area contributed by atoms with Gasteiger partial charge in [-0.25, -0.2) is 0 Å². The van der Waals surface area contributed by atoms with Crippen molar-refractivity contribution >= 4 is 5.88 Å². The van der Waals surface area contributed by atoms with Gasteiger partial charge in [-0.2, -0.15) is 0 Å². The van der Waals surface area contributed by atoms with Gasteiger partial charge in [0.1, 0.15) is 5.75 Å². The Hall–Kier alpha value is -1.97. The SMILES string of the molecule is CCOc1ccc(-c2c(C(CC)CC)noc2N)cc1. The number of benzene rings is 1. The second-order valence-corrected chi connectivity index (χ2v) is 4.78. The molecule has 0 unspecified atom stereocenters. The number of hydrogen-bond donors (Lipinski definition) is 1. The smallest absolute Gasteiger partial charge is 0.230 e. The van der Waals surface area contributed by atoms with E-state index in [-0.39, 0.29) is 0 Å². The molecule has 2 aromatic rings. The van der Waals surface area contributed by atoms with Gasteiger partial charge in [0.25, 0.3) is 0 Å². The van der Waals surface area contributed by atoms with E-state index in [0.29, 0.717) is 18.4 Å². The monoisotopic (exact) mass is 274 g/mol. The average Bonchev–Trinajstić information content (AvgIpc) is 2.84. The molecule has 108 valence electrons. The Morgan fingerprint density at radius 3 is 2.35 bits per heavy atom. The van der Waals surface area contributed by atoms with Gasteiger partial charge in [0.15, 0.2) is 0 Å². The molecular weight excluding hydrogens is 252 g/mol. The maximum Gasteiger partial charge on any atom is 0.230 e. The van der Waals surface area contributed by atoms with Gasteiger partial charge in [-0.3, -0.25) is 0 Å². The van der Waals surface area contributed by atoms with Crippen molar-refractivity contribution in [3.8, 4) is 16.9 Å². The number of nitrogens with two attached hydrogens (primary N) is 1. The Kier molecular flexibility index (Phi) is 4.66. The van der Waals surface area contributed by atoms with Gasteiger partial charge in [-0.05, 0) is 37.5 Å². The van der Waals surface area contributed by atoms with Gasteiger partial charge in [-0.1, -0.05) is 31.1 Å². The second-order valence-electron chi connectivity index (χ2n) is 4.78. The van der Waals surface area contributed by atoms with Crippen molar-refractivity contribution in [2.75, 3.05) is 12.3 Å². The maximum atomic E-state index is 5.96. The average molecular weight is 274 g/mol. The Balaban J connectivity index is 2.38. The van der Waals surface area contributed by atoms with Crippen LogP contribution in [0.5, 0.6) is 5.75 Å². The van der Waals surface area contributed by atoms with Crippen LogP contribution in [0.1, 0.15) is 45.2 Å². The molecule has 2 rings (SSSR count). The molecule has 0 aliphatic heterocycles. The fourth-order valence-corrected chi connectivity index (χ4v) is 2.44. The topological polar surface area (TPSA) is 61.3 Å². The summed E-state index contributed by atoms with van der Waals surface area (Å²) in [5.74, 6) is 1.61. The largest absolute Gasteiger partial charge is 0.494 e. The van der Waals surface area contributed by atoms with Gasteiger partial charge in [0.2, 0.25) is 5.88 Å². The highest BCUT2D eigenvalue weighted by Crippen LogP contribution is 2.37. The van der Waals surface area contributed by atoms with Crippen LogP contribution < -0.4 is 10.5 Å².